The van der Waals surface area contributed by atoms with E-state index in [0.29, 0.717) is 6.42 Å². The number of hydrogen-bond acceptors (Lipinski definition) is 4. The van der Waals surface area contributed by atoms with Gasteiger partial charge < -0.3 is 15.2 Å². The zero-order valence-electron chi connectivity index (χ0n) is 8.02. The highest BCUT2D eigenvalue weighted by Gasteiger charge is 2.28. The number of carboxylic acids is 1. The van der Waals surface area contributed by atoms with Crippen LogP contribution in [0.25, 0.3) is 0 Å². The quantitative estimate of drug-likeness (QED) is 0.346. The van der Waals surface area contributed by atoms with Gasteiger partial charge in [0, 0.05) is 0 Å². The number of aliphatic carboxylic acids is 1. The maximum Gasteiger partial charge on any atom is 0.340 e. The maximum atomic E-state index is 11.1. The molecule has 0 aliphatic rings. The number of hydrogen-bond donors (Lipinski definition) is 2. The topological polar surface area (TPSA) is 92.7 Å². The SMILES string of the molecule is CCC(C)OC(=O)C(NC=O)C(=O)O. The van der Waals surface area contributed by atoms with E-state index in [2.05, 4.69) is 0 Å². The Bertz CT molecular complexity index is 228. The lowest BCUT2D eigenvalue weighted by Gasteiger charge is -2.14. The largest absolute Gasteiger partial charge is 0.479 e. The van der Waals surface area contributed by atoms with Gasteiger partial charge in [-0.3, -0.25) is 4.79 Å². The van der Waals surface area contributed by atoms with Crippen molar-refractivity contribution in [2.75, 3.05) is 0 Å². The van der Waals surface area contributed by atoms with Crippen LogP contribution in [0.15, 0.2) is 0 Å². The molecule has 0 heterocycles. The van der Waals surface area contributed by atoms with Gasteiger partial charge in [-0.1, -0.05) is 6.92 Å². The minimum Gasteiger partial charge on any atom is -0.479 e. The molecule has 0 fully saturated rings. The van der Waals surface area contributed by atoms with E-state index in [0.717, 1.165) is 0 Å². The normalized spacial score (nSPS) is 13.9. The molecule has 0 aliphatic heterocycles. The van der Waals surface area contributed by atoms with Crippen molar-refractivity contribution >= 4 is 18.3 Å². The highest BCUT2D eigenvalue weighted by molar-refractivity contribution is 5.99. The molecule has 0 radical (unpaired) electrons. The molecule has 0 saturated carbocycles. The van der Waals surface area contributed by atoms with Crippen LogP contribution in [0.3, 0.4) is 0 Å². The Kier molecular flexibility index (Phi) is 5.28. The van der Waals surface area contributed by atoms with E-state index in [1.165, 1.54) is 0 Å². The molecule has 2 unspecified atom stereocenters. The lowest BCUT2D eigenvalue weighted by molar-refractivity contribution is -0.159. The summed E-state index contributed by atoms with van der Waals surface area (Å²) in [5.41, 5.74) is 0. The first kappa shape index (κ1) is 12.4. The van der Waals surface area contributed by atoms with Crippen LogP contribution in [-0.4, -0.2) is 35.6 Å². The molecule has 6 nitrogen and oxygen atoms in total. The minimum absolute atomic E-state index is 0.149. The van der Waals surface area contributed by atoms with Crippen LogP contribution in [0.2, 0.25) is 0 Å². The van der Waals surface area contributed by atoms with Crippen LogP contribution < -0.4 is 5.32 Å². The number of rotatable bonds is 6. The fourth-order valence-electron chi connectivity index (χ4n) is 0.658. The molecule has 0 aromatic heterocycles. The molecule has 2 N–H and O–H groups in total. The average Bonchev–Trinajstić information content (AvgIpc) is 2.13. The fraction of sp³-hybridized carbons (Fsp3) is 0.625. The van der Waals surface area contributed by atoms with E-state index >= 15 is 0 Å². The molecule has 0 bridgehead atoms. The second kappa shape index (κ2) is 5.95. The average molecular weight is 203 g/mol. The van der Waals surface area contributed by atoms with E-state index in [4.69, 9.17) is 9.84 Å². The van der Waals surface area contributed by atoms with E-state index in [9.17, 15) is 14.4 Å². The van der Waals surface area contributed by atoms with E-state index in [1.54, 1.807) is 13.8 Å². The third-order valence-electron chi connectivity index (χ3n) is 1.61. The summed E-state index contributed by atoms with van der Waals surface area (Å²) in [6.07, 6.45) is 0.369. The predicted molar refractivity (Wildman–Crippen MR) is 46.5 cm³/mol. The van der Waals surface area contributed by atoms with Crippen molar-refractivity contribution < 1.29 is 24.2 Å². The second-order valence-corrected chi connectivity index (χ2v) is 2.71. The van der Waals surface area contributed by atoms with Gasteiger partial charge in [0.1, 0.15) is 0 Å². The number of carbonyl (C=O) groups excluding carboxylic acids is 2. The first-order valence-corrected chi connectivity index (χ1v) is 4.15. The van der Waals surface area contributed by atoms with Crippen molar-refractivity contribution in [3.63, 3.8) is 0 Å². The van der Waals surface area contributed by atoms with Crippen LogP contribution in [-0.2, 0) is 19.1 Å². The number of carbonyl (C=O) groups is 3. The zero-order chi connectivity index (χ0) is 11.1. The van der Waals surface area contributed by atoms with E-state index in [1.807, 2.05) is 5.32 Å². The van der Waals surface area contributed by atoms with Crippen molar-refractivity contribution in [2.24, 2.45) is 0 Å². The number of esters is 1. The molecule has 0 rings (SSSR count). The maximum absolute atomic E-state index is 11.1. The van der Waals surface area contributed by atoms with Gasteiger partial charge in [0.15, 0.2) is 0 Å². The highest BCUT2D eigenvalue weighted by Crippen LogP contribution is 1.99. The van der Waals surface area contributed by atoms with Gasteiger partial charge >= 0.3 is 11.9 Å². The van der Waals surface area contributed by atoms with Crippen LogP contribution in [0, 0.1) is 0 Å². The summed E-state index contributed by atoms with van der Waals surface area (Å²) >= 11 is 0. The summed E-state index contributed by atoms with van der Waals surface area (Å²) in [5.74, 6) is -2.40. The van der Waals surface area contributed by atoms with E-state index < -0.39 is 18.0 Å². The third kappa shape index (κ3) is 3.88. The Labute approximate surface area is 81.2 Å². The standard InChI is InChI=1S/C8H13NO5/c1-3-5(2)14-8(13)6(7(11)12)9-4-10/h4-6H,3H2,1-2H3,(H,9,10)(H,11,12). The molecule has 6 heteroatoms. The molecule has 0 saturated heterocycles. The molecule has 80 valence electrons. The molecule has 0 aromatic rings. The van der Waals surface area contributed by atoms with Crippen molar-refractivity contribution in [3.05, 3.63) is 0 Å². The molecule has 0 spiro atoms. The van der Waals surface area contributed by atoms with Crippen molar-refractivity contribution in [2.45, 2.75) is 32.4 Å². The summed E-state index contributed by atoms with van der Waals surface area (Å²) in [5, 5.41) is 10.4. The van der Waals surface area contributed by atoms with Gasteiger partial charge in [0.25, 0.3) is 0 Å². The lowest BCUT2D eigenvalue weighted by atomic mass is 10.3. The van der Waals surface area contributed by atoms with Crippen LogP contribution in [0.4, 0.5) is 0 Å². The number of carboxylic acid groups (broad SMARTS) is 1. The summed E-state index contributed by atoms with van der Waals surface area (Å²) in [7, 11) is 0. The van der Waals surface area contributed by atoms with Gasteiger partial charge in [-0.25, -0.2) is 9.59 Å². The van der Waals surface area contributed by atoms with Crippen LogP contribution in [0.1, 0.15) is 20.3 Å². The third-order valence-corrected chi connectivity index (χ3v) is 1.61. The van der Waals surface area contributed by atoms with Crippen molar-refractivity contribution in [1.82, 2.24) is 5.32 Å². The summed E-state index contributed by atoms with van der Waals surface area (Å²) < 4.78 is 4.73. The Hall–Kier alpha value is -1.59. The van der Waals surface area contributed by atoms with Gasteiger partial charge in [-0.2, -0.15) is 0 Å². The predicted octanol–water partition coefficient (Wildman–Crippen LogP) is -0.473. The van der Waals surface area contributed by atoms with Gasteiger partial charge in [-0.15, -0.1) is 0 Å². The smallest absolute Gasteiger partial charge is 0.340 e. The van der Waals surface area contributed by atoms with Crippen LogP contribution in [0.5, 0.6) is 0 Å². The van der Waals surface area contributed by atoms with Gasteiger partial charge in [0.2, 0.25) is 12.5 Å². The summed E-state index contributed by atoms with van der Waals surface area (Å²) in [6, 6.07) is -1.62. The van der Waals surface area contributed by atoms with Gasteiger partial charge in [0.05, 0.1) is 6.10 Å². The number of amides is 1. The zero-order valence-corrected chi connectivity index (χ0v) is 8.02. The fourth-order valence-corrected chi connectivity index (χ4v) is 0.658. The monoisotopic (exact) mass is 203 g/mol. The summed E-state index contributed by atoms with van der Waals surface area (Å²) in [6.45, 7) is 3.43. The first-order valence-electron chi connectivity index (χ1n) is 4.15. The molecule has 14 heavy (non-hydrogen) atoms. The Morgan fingerprint density at radius 2 is 2.14 bits per heavy atom. The molecule has 0 aromatic carbocycles. The number of ether oxygens (including phenoxy) is 1. The minimum atomic E-state index is -1.62. The Morgan fingerprint density at radius 1 is 1.57 bits per heavy atom. The summed E-state index contributed by atoms with van der Waals surface area (Å²) in [4.78, 5) is 31.6. The molecule has 2 atom stereocenters. The van der Waals surface area contributed by atoms with E-state index in [-0.39, 0.29) is 12.5 Å². The highest BCUT2D eigenvalue weighted by atomic mass is 16.5. The molecule has 1 amide bonds. The Balaban J connectivity index is 4.29. The molecule has 0 aliphatic carbocycles. The van der Waals surface area contributed by atoms with Crippen molar-refractivity contribution in [3.8, 4) is 0 Å². The molecular formula is C8H13NO5. The number of nitrogens with one attached hydrogen (secondary N) is 1. The van der Waals surface area contributed by atoms with Crippen molar-refractivity contribution in [1.29, 1.82) is 0 Å². The Morgan fingerprint density at radius 3 is 2.50 bits per heavy atom. The lowest BCUT2D eigenvalue weighted by Crippen LogP contribution is -2.44. The van der Waals surface area contributed by atoms with Crippen LogP contribution >= 0.6 is 0 Å². The first-order chi connectivity index (χ1) is 6.52. The van der Waals surface area contributed by atoms with Gasteiger partial charge in [-0.05, 0) is 13.3 Å². The molecular weight excluding hydrogens is 190 g/mol. The second-order valence-electron chi connectivity index (χ2n) is 2.71.